The molecule has 2 unspecified atom stereocenters. The number of rotatable bonds is 7. The van der Waals surface area contributed by atoms with E-state index >= 15 is 0 Å². The Morgan fingerprint density at radius 1 is 1.25 bits per heavy atom. The number of carbonyl (C=O) groups excluding carboxylic acids is 1. The zero-order chi connectivity index (χ0) is 19.9. The average Bonchev–Trinajstić information content (AvgIpc) is 3.12. The lowest BCUT2D eigenvalue weighted by molar-refractivity contribution is -0.137. The minimum Gasteiger partial charge on any atom is -0.481 e. The van der Waals surface area contributed by atoms with Crippen molar-refractivity contribution in [2.24, 2.45) is 7.05 Å². The Balaban J connectivity index is 1.71. The number of carboxylic acids is 1. The highest BCUT2D eigenvalue weighted by Crippen LogP contribution is 2.30. The molecule has 2 aromatic rings. The van der Waals surface area contributed by atoms with Gasteiger partial charge >= 0.3 is 12.0 Å². The van der Waals surface area contributed by atoms with Gasteiger partial charge < -0.3 is 15.3 Å². The molecule has 0 saturated carbocycles. The standard InChI is InChI=1S/C21H28N4O3/c1-24-18(12-13-22-24)19-9-5-6-14-25(19)21(28)23-17(10-11-20(26)27)15-16-7-3-2-4-8-16/h2-4,7-8,12-13,17,19H,5-6,9-11,14-15H2,1H3,(H,23,28)(H,26,27). The molecule has 2 atom stereocenters. The molecular formula is C21H28N4O3. The van der Waals surface area contributed by atoms with E-state index in [0.717, 1.165) is 30.5 Å². The monoisotopic (exact) mass is 384 g/mol. The number of carboxylic acid groups (broad SMARTS) is 1. The maximum Gasteiger partial charge on any atom is 0.318 e. The Morgan fingerprint density at radius 3 is 2.71 bits per heavy atom. The van der Waals surface area contributed by atoms with Crippen molar-refractivity contribution in [2.75, 3.05) is 6.54 Å². The van der Waals surface area contributed by atoms with Crippen LogP contribution < -0.4 is 5.32 Å². The second-order valence-electron chi connectivity index (χ2n) is 7.35. The highest BCUT2D eigenvalue weighted by Gasteiger charge is 2.30. The molecule has 7 heteroatoms. The van der Waals surface area contributed by atoms with E-state index in [9.17, 15) is 9.59 Å². The van der Waals surface area contributed by atoms with E-state index in [1.807, 2.05) is 53.0 Å². The number of urea groups is 1. The van der Waals surface area contributed by atoms with Gasteiger partial charge in [-0.25, -0.2) is 4.79 Å². The number of hydrogen-bond acceptors (Lipinski definition) is 3. The van der Waals surface area contributed by atoms with Crippen LogP contribution in [0.15, 0.2) is 42.6 Å². The number of aromatic nitrogens is 2. The minimum atomic E-state index is -0.849. The molecule has 7 nitrogen and oxygen atoms in total. The predicted molar refractivity (Wildman–Crippen MR) is 106 cm³/mol. The molecule has 150 valence electrons. The normalized spacial score (nSPS) is 17.9. The summed E-state index contributed by atoms with van der Waals surface area (Å²) < 4.78 is 1.82. The number of hydrogen-bond donors (Lipinski definition) is 2. The fourth-order valence-electron chi connectivity index (χ4n) is 3.87. The fourth-order valence-corrected chi connectivity index (χ4v) is 3.87. The molecule has 1 aliphatic heterocycles. The number of aryl methyl sites for hydroxylation is 1. The van der Waals surface area contributed by atoms with Crippen LogP contribution in [0.25, 0.3) is 0 Å². The smallest absolute Gasteiger partial charge is 0.318 e. The Morgan fingerprint density at radius 2 is 2.04 bits per heavy atom. The molecule has 0 aliphatic carbocycles. The largest absolute Gasteiger partial charge is 0.481 e. The van der Waals surface area contributed by atoms with Crippen molar-refractivity contribution >= 4 is 12.0 Å². The van der Waals surface area contributed by atoms with Gasteiger partial charge in [-0.1, -0.05) is 30.3 Å². The second kappa shape index (κ2) is 9.39. The molecule has 0 spiro atoms. The first-order valence-electron chi connectivity index (χ1n) is 9.85. The minimum absolute atomic E-state index is 0.00176. The van der Waals surface area contributed by atoms with Crippen molar-refractivity contribution in [1.82, 2.24) is 20.0 Å². The highest BCUT2D eigenvalue weighted by molar-refractivity contribution is 5.75. The molecule has 3 rings (SSSR count). The summed E-state index contributed by atoms with van der Waals surface area (Å²) in [5, 5.41) is 16.4. The van der Waals surface area contributed by atoms with Crippen molar-refractivity contribution in [1.29, 1.82) is 0 Å². The average molecular weight is 384 g/mol. The first-order valence-corrected chi connectivity index (χ1v) is 9.85. The van der Waals surface area contributed by atoms with Crippen LogP contribution in [-0.2, 0) is 18.3 Å². The fraction of sp³-hybridized carbons (Fsp3) is 0.476. The van der Waals surface area contributed by atoms with Gasteiger partial charge in [0.2, 0.25) is 0 Å². The Bertz CT molecular complexity index is 790. The summed E-state index contributed by atoms with van der Waals surface area (Å²) in [4.78, 5) is 26.0. The van der Waals surface area contributed by atoms with Crippen LogP contribution in [-0.4, -0.2) is 44.4 Å². The molecule has 1 aromatic heterocycles. The molecule has 2 heterocycles. The lowest BCUT2D eigenvalue weighted by atomic mass is 9.99. The van der Waals surface area contributed by atoms with Crippen molar-refractivity contribution in [3.8, 4) is 0 Å². The van der Waals surface area contributed by atoms with Crippen LogP contribution in [0.4, 0.5) is 4.79 Å². The van der Waals surface area contributed by atoms with Gasteiger partial charge in [0, 0.05) is 32.3 Å². The quantitative estimate of drug-likeness (QED) is 0.768. The lowest BCUT2D eigenvalue weighted by Crippen LogP contribution is -2.49. The maximum atomic E-state index is 13.1. The number of amides is 2. The van der Waals surface area contributed by atoms with E-state index in [0.29, 0.717) is 19.4 Å². The summed E-state index contributed by atoms with van der Waals surface area (Å²) in [6.07, 6.45) is 5.76. The molecule has 0 bridgehead atoms. The van der Waals surface area contributed by atoms with Crippen molar-refractivity contribution in [3.05, 3.63) is 53.9 Å². The molecule has 0 radical (unpaired) electrons. The van der Waals surface area contributed by atoms with Gasteiger partial charge in [0.15, 0.2) is 0 Å². The third-order valence-electron chi connectivity index (χ3n) is 5.32. The predicted octanol–water partition coefficient (Wildman–Crippen LogP) is 3.13. The third-order valence-corrected chi connectivity index (χ3v) is 5.32. The molecule has 2 N–H and O–H groups in total. The Hall–Kier alpha value is -2.83. The number of benzene rings is 1. The van der Waals surface area contributed by atoms with E-state index in [-0.39, 0.29) is 24.5 Å². The van der Waals surface area contributed by atoms with Crippen LogP contribution in [0.3, 0.4) is 0 Å². The van der Waals surface area contributed by atoms with Crippen molar-refractivity contribution < 1.29 is 14.7 Å². The van der Waals surface area contributed by atoms with Gasteiger partial charge in [-0.15, -0.1) is 0 Å². The zero-order valence-corrected chi connectivity index (χ0v) is 16.3. The van der Waals surface area contributed by atoms with Crippen molar-refractivity contribution in [2.45, 2.75) is 50.6 Å². The van der Waals surface area contributed by atoms with Gasteiger partial charge in [0.25, 0.3) is 0 Å². The van der Waals surface area contributed by atoms with E-state index in [2.05, 4.69) is 10.4 Å². The summed E-state index contributed by atoms with van der Waals surface area (Å²) in [7, 11) is 1.89. The molecule has 1 saturated heterocycles. The van der Waals surface area contributed by atoms with E-state index in [1.54, 1.807) is 6.20 Å². The SMILES string of the molecule is Cn1nccc1C1CCCCN1C(=O)NC(CCC(=O)O)Cc1ccccc1. The molecule has 1 aromatic carbocycles. The van der Waals surface area contributed by atoms with Crippen molar-refractivity contribution in [3.63, 3.8) is 0 Å². The Labute approximate surface area is 165 Å². The van der Waals surface area contributed by atoms with Crippen LogP contribution >= 0.6 is 0 Å². The number of likely N-dealkylation sites (tertiary alicyclic amines) is 1. The summed E-state index contributed by atoms with van der Waals surface area (Å²) in [5.74, 6) is -0.849. The first kappa shape index (κ1) is 19.9. The van der Waals surface area contributed by atoms with Gasteiger partial charge in [0.05, 0.1) is 11.7 Å². The second-order valence-corrected chi connectivity index (χ2v) is 7.35. The summed E-state index contributed by atoms with van der Waals surface area (Å²) in [5.41, 5.74) is 2.11. The number of carbonyl (C=O) groups is 2. The van der Waals surface area contributed by atoms with Crippen LogP contribution in [0.2, 0.25) is 0 Å². The van der Waals surface area contributed by atoms with Crippen LogP contribution in [0.1, 0.15) is 49.4 Å². The summed E-state index contributed by atoms with van der Waals surface area (Å²) in [6.45, 7) is 0.693. The lowest BCUT2D eigenvalue weighted by Gasteiger charge is -2.36. The number of nitrogens with one attached hydrogen (secondary N) is 1. The number of piperidine rings is 1. The number of nitrogens with zero attached hydrogens (tertiary/aromatic N) is 3. The van der Waals surface area contributed by atoms with E-state index < -0.39 is 5.97 Å². The first-order chi connectivity index (χ1) is 13.5. The van der Waals surface area contributed by atoms with Gasteiger partial charge in [0.1, 0.15) is 0 Å². The zero-order valence-electron chi connectivity index (χ0n) is 16.3. The van der Waals surface area contributed by atoms with Crippen LogP contribution in [0.5, 0.6) is 0 Å². The molecule has 2 amide bonds. The maximum absolute atomic E-state index is 13.1. The number of aliphatic carboxylic acids is 1. The topological polar surface area (TPSA) is 87.5 Å². The van der Waals surface area contributed by atoms with Crippen LogP contribution in [0, 0.1) is 0 Å². The molecular weight excluding hydrogens is 356 g/mol. The van der Waals surface area contributed by atoms with Gasteiger partial charge in [-0.05, 0) is 43.7 Å². The molecule has 28 heavy (non-hydrogen) atoms. The van der Waals surface area contributed by atoms with E-state index in [4.69, 9.17) is 5.11 Å². The van der Waals surface area contributed by atoms with Gasteiger partial charge in [-0.2, -0.15) is 5.10 Å². The Kier molecular flexibility index (Phi) is 6.68. The summed E-state index contributed by atoms with van der Waals surface area (Å²) in [6, 6.07) is 11.5. The van der Waals surface area contributed by atoms with E-state index in [1.165, 1.54) is 0 Å². The van der Waals surface area contributed by atoms with Gasteiger partial charge in [-0.3, -0.25) is 9.48 Å². The third kappa shape index (κ3) is 5.12. The highest BCUT2D eigenvalue weighted by atomic mass is 16.4. The summed E-state index contributed by atoms with van der Waals surface area (Å²) >= 11 is 0. The molecule has 1 aliphatic rings. The molecule has 1 fully saturated rings.